The fraction of sp³-hybridized carbons (Fsp3) is 0.536. The molecular formula is C28H35NO6. The van der Waals surface area contributed by atoms with E-state index in [1.165, 1.54) is 0 Å². The number of hydrogen-bond donors (Lipinski definition) is 0. The summed E-state index contributed by atoms with van der Waals surface area (Å²) in [6.07, 6.45) is 0.922. The number of rotatable bonds is 6. The third-order valence-corrected chi connectivity index (χ3v) is 8.37. The molecule has 1 heterocycles. The third kappa shape index (κ3) is 3.34. The molecule has 2 bridgehead atoms. The summed E-state index contributed by atoms with van der Waals surface area (Å²) in [6, 6.07) is 8.79. The fourth-order valence-electron chi connectivity index (χ4n) is 5.87. The Bertz CT molecular complexity index is 1210. The SMILES string of the molecule is COc1cccc2ccc(OC(=O)[C@@]34CC[C@@](C)(C(=O)O3)C4(C)C)c(C(=O)N(C(C)C)C(C)C)c12. The average Bonchev–Trinajstić information content (AvgIpc) is 3.08. The van der Waals surface area contributed by atoms with Crippen LogP contribution in [0.4, 0.5) is 0 Å². The summed E-state index contributed by atoms with van der Waals surface area (Å²) in [5, 5.41) is 1.37. The second-order valence-corrected chi connectivity index (χ2v) is 11.0. The van der Waals surface area contributed by atoms with E-state index in [4.69, 9.17) is 14.2 Å². The first-order valence-corrected chi connectivity index (χ1v) is 12.2. The lowest BCUT2D eigenvalue weighted by atomic mass is 9.66. The van der Waals surface area contributed by atoms with Gasteiger partial charge in [-0.05, 0) is 65.0 Å². The van der Waals surface area contributed by atoms with Crippen LogP contribution < -0.4 is 9.47 Å². The molecule has 2 aromatic rings. The number of nitrogens with zero attached hydrogens (tertiary/aromatic N) is 1. The lowest BCUT2D eigenvalue weighted by Gasteiger charge is -2.35. The highest BCUT2D eigenvalue weighted by Crippen LogP contribution is 2.65. The van der Waals surface area contributed by atoms with Gasteiger partial charge < -0.3 is 19.1 Å². The van der Waals surface area contributed by atoms with Gasteiger partial charge in [0.2, 0.25) is 5.60 Å². The molecule has 1 amide bonds. The van der Waals surface area contributed by atoms with Crippen LogP contribution in [0.5, 0.6) is 11.5 Å². The minimum atomic E-state index is -1.40. The van der Waals surface area contributed by atoms with Gasteiger partial charge in [0.05, 0.1) is 18.1 Å². The van der Waals surface area contributed by atoms with Gasteiger partial charge in [0.1, 0.15) is 11.5 Å². The van der Waals surface area contributed by atoms with Crippen LogP contribution in [-0.2, 0) is 14.3 Å². The Labute approximate surface area is 206 Å². The number of carbonyl (C=O) groups is 3. The van der Waals surface area contributed by atoms with E-state index < -0.39 is 22.4 Å². The van der Waals surface area contributed by atoms with E-state index in [1.54, 1.807) is 30.2 Å². The first kappa shape index (κ1) is 25.0. The molecule has 1 aliphatic heterocycles. The van der Waals surface area contributed by atoms with Crippen molar-refractivity contribution in [1.82, 2.24) is 4.90 Å². The quantitative estimate of drug-likeness (QED) is 0.420. The number of methoxy groups -OCH3 is 1. The van der Waals surface area contributed by atoms with Crippen molar-refractivity contribution in [1.29, 1.82) is 0 Å². The van der Waals surface area contributed by atoms with Gasteiger partial charge in [0, 0.05) is 22.9 Å². The molecule has 188 valence electrons. The Kier molecular flexibility index (Phi) is 5.89. The molecule has 1 saturated carbocycles. The number of esters is 2. The maximum absolute atomic E-state index is 14.0. The van der Waals surface area contributed by atoms with E-state index in [1.807, 2.05) is 60.6 Å². The van der Waals surface area contributed by atoms with Gasteiger partial charge in [0.15, 0.2) is 0 Å². The summed E-state index contributed by atoms with van der Waals surface area (Å²) in [5.41, 5.74) is -2.65. The number of carbonyl (C=O) groups excluding carboxylic acids is 3. The predicted octanol–water partition coefficient (Wildman–Crippen LogP) is 5.13. The smallest absolute Gasteiger partial charge is 0.356 e. The Morgan fingerprint density at radius 1 is 0.971 bits per heavy atom. The summed E-state index contributed by atoms with van der Waals surface area (Å²) >= 11 is 0. The van der Waals surface area contributed by atoms with E-state index in [9.17, 15) is 14.4 Å². The van der Waals surface area contributed by atoms with Crippen LogP contribution in [-0.4, -0.2) is 47.5 Å². The van der Waals surface area contributed by atoms with E-state index >= 15 is 0 Å². The zero-order chi connectivity index (χ0) is 25.9. The molecule has 4 rings (SSSR count). The highest BCUT2D eigenvalue weighted by molar-refractivity contribution is 6.12. The minimum absolute atomic E-state index is 0.0835. The molecule has 7 nitrogen and oxygen atoms in total. The molecule has 0 spiro atoms. The minimum Gasteiger partial charge on any atom is -0.496 e. The van der Waals surface area contributed by atoms with Crippen molar-refractivity contribution in [3.05, 3.63) is 35.9 Å². The van der Waals surface area contributed by atoms with Crippen molar-refractivity contribution in [3.63, 3.8) is 0 Å². The molecule has 0 N–H and O–H groups in total. The second-order valence-electron chi connectivity index (χ2n) is 11.0. The van der Waals surface area contributed by atoms with Crippen molar-refractivity contribution < 1.29 is 28.6 Å². The zero-order valence-corrected chi connectivity index (χ0v) is 21.9. The molecule has 7 heteroatoms. The first-order valence-electron chi connectivity index (χ1n) is 12.2. The molecule has 1 saturated heterocycles. The van der Waals surface area contributed by atoms with E-state index in [0.29, 0.717) is 24.0 Å². The second kappa shape index (κ2) is 8.25. The van der Waals surface area contributed by atoms with Gasteiger partial charge in [-0.1, -0.05) is 32.0 Å². The number of benzene rings is 2. The van der Waals surface area contributed by atoms with Crippen LogP contribution in [0.1, 0.15) is 71.7 Å². The summed E-state index contributed by atoms with van der Waals surface area (Å²) < 4.78 is 17.3. The fourth-order valence-corrected chi connectivity index (χ4v) is 5.87. The van der Waals surface area contributed by atoms with Gasteiger partial charge in [-0.15, -0.1) is 0 Å². The summed E-state index contributed by atoms with van der Waals surface area (Å²) in [5.74, 6) is -0.654. The number of hydrogen-bond acceptors (Lipinski definition) is 6. The highest BCUT2D eigenvalue weighted by atomic mass is 16.6. The largest absolute Gasteiger partial charge is 0.496 e. The molecule has 0 radical (unpaired) electrons. The van der Waals surface area contributed by atoms with E-state index in [0.717, 1.165) is 5.39 Å². The lowest BCUT2D eigenvalue weighted by Crippen LogP contribution is -2.50. The van der Waals surface area contributed by atoms with Crippen LogP contribution >= 0.6 is 0 Å². The zero-order valence-electron chi connectivity index (χ0n) is 21.9. The monoisotopic (exact) mass is 481 g/mol. The van der Waals surface area contributed by atoms with Crippen molar-refractivity contribution in [2.75, 3.05) is 7.11 Å². The van der Waals surface area contributed by atoms with Crippen molar-refractivity contribution >= 4 is 28.6 Å². The third-order valence-electron chi connectivity index (χ3n) is 8.37. The molecule has 0 unspecified atom stereocenters. The molecule has 2 aliphatic rings. The Morgan fingerprint density at radius 2 is 1.63 bits per heavy atom. The Morgan fingerprint density at radius 3 is 2.14 bits per heavy atom. The molecule has 1 aliphatic carbocycles. The van der Waals surface area contributed by atoms with Crippen molar-refractivity contribution in [3.8, 4) is 11.5 Å². The molecule has 0 aromatic heterocycles. The number of fused-ring (bicyclic) bond motifs is 3. The predicted molar refractivity (Wildman–Crippen MR) is 133 cm³/mol. The maximum atomic E-state index is 14.0. The number of ether oxygens (including phenoxy) is 3. The Hall–Kier alpha value is -3.09. The van der Waals surface area contributed by atoms with Crippen LogP contribution in [0, 0.1) is 10.8 Å². The van der Waals surface area contributed by atoms with Gasteiger partial charge in [-0.2, -0.15) is 0 Å². The topological polar surface area (TPSA) is 82.1 Å². The summed E-state index contributed by atoms with van der Waals surface area (Å²) in [7, 11) is 1.54. The molecule has 2 fully saturated rings. The van der Waals surface area contributed by atoms with Gasteiger partial charge in [-0.25, -0.2) is 4.79 Å². The molecule has 35 heavy (non-hydrogen) atoms. The van der Waals surface area contributed by atoms with Gasteiger partial charge in [0.25, 0.3) is 5.91 Å². The summed E-state index contributed by atoms with van der Waals surface area (Å²) in [6.45, 7) is 13.4. The average molecular weight is 482 g/mol. The Balaban J connectivity index is 1.87. The normalized spacial score (nSPS) is 24.7. The van der Waals surface area contributed by atoms with Crippen molar-refractivity contribution in [2.24, 2.45) is 10.8 Å². The molecule has 2 aromatic carbocycles. The molecule has 2 atom stereocenters. The first-order chi connectivity index (χ1) is 16.3. The van der Waals surface area contributed by atoms with Crippen LogP contribution in [0.15, 0.2) is 30.3 Å². The van der Waals surface area contributed by atoms with E-state index in [2.05, 4.69) is 0 Å². The van der Waals surface area contributed by atoms with E-state index in [-0.39, 0.29) is 35.3 Å². The van der Waals surface area contributed by atoms with Crippen LogP contribution in [0.25, 0.3) is 10.8 Å². The molecular weight excluding hydrogens is 446 g/mol. The van der Waals surface area contributed by atoms with Gasteiger partial charge in [-0.3, -0.25) is 9.59 Å². The van der Waals surface area contributed by atoms with Crippen LogP contribution in [0.2, 0.25) is 0 Å². The van der Waals surface area contributed by atoms with Crippen molar-refractivity contribution in [2.45, 2.75) is 79.0 Å². The summed E-state index contributed by atoms with van der Waals surface area (Å²) in [4.78, 5) is 42.2. The maximum Gasteiger partial charge on any atom is 0.356 e. The van der Waals surface area contributed by atoms with Gasteiger partial charge >= 0.3 is 11.9 Å². The van der Waals surface area contributed by atoms with Crippen LogP contribution in [0.3, 0.4) is 0 Å². The lowest BCUT2D eigenvalue weighted by molar-refractivity contribution is -0.176. The number of amides is 1. The highest BCUT2D eigenvalue weighted by Gasteiger charge is 2.76. The standard InChI is InChI=1S/C28H35NO6/c1-16(2)29(17(3)4)23(30)22-20(13-12-18-10-9-11-19(33-8)21(18)22)34-25(32)28-15-14-27(7,24(31)35-28)26(28,5)6/h9-13,16-17H,14-15H2,1-8H3/t27-,28+/m0/s1.